The van der Waals surface area contributed by atoms with E-state index < -0.39 is 110 Å². The van der Waals surface area contributed by atoms with Gasteiger partial charge in [0.1, 0.15) is 41.7 Å². The zero-order chi connectivity index (χ0) is 75.3. The lowest BCUT2D eigenvalue weighted by Gasteiger charge is -2.29. The molecule has 34 nitrogen and oxygen atoms in total. The Kier molecular flexibility index (Phi) is 29.8. The number of hydrogen-bond acceptors (Lipinski definition) is 28. The summed E-state index contributed by atoms with van der Waals surface area (Å²) in [7, 11) is 0. The van der Waals surface area contributed by atoms with Crippen molar-refractivity contribution < 1.29 is 120 Å². The predicted molar refractivity (Wildman–Crippen MR) is 355 cm³/mol. The third-order valence-electron chi connectivity index (χ3n) is 16.9. The van der Waals surface area contributed by atoms with Crippen molar-refractivity contribution in [1.29, 1.82) is 0 Å². The SMILES string of the molecule is C[C@]1(C(=O)ON2C(=O)CCC2=O)C/C=C/[C@@H](OC(=O)ON2C(=O)CCC2=O)CCC1.C[C@]1(C(=O)Oc2ccc([N+](=O)[O-])cc2)C/C=C/[C@@H](OC(=O)Oc2ccc([N+](=O)[O-])cc2)CCC1.O=C(OC1/C=C/CCCCC1)ON1C(=O)CCC1=O.O=C(Oc1ccc([N+](=O)[O-])cc1)OC1/C=C/CCCCC1. The van der Waals surface area contributed by atoms with Crippen molar-refractivity contribution in [2.75, 3.05) is 0 Å². The molecule has 3 heterocycles. The first kappa shape index (κ1) is 79.6. The second-order valence-corrected chi connectivity index (χ2v) is 25.1. The summed E-state index contributed by atoms with van der Waals surface area (Å²) in [6, 6.07) is 15.6. The highest BCUT2D eigenvalue weighted by molar-refractivity contribution is 6.03. The minimum atomic E-state index is -1.16. The van der Waals surface area contributed by atoms with Crippen molar-refractivity contribution in [1.82, 2.24) is 15.2 Å². The molecule has 0 bridgehead atoms. The van der Waals surface area contributed by atoms with Crippen LogP contribution in [0.4, 0.5) is 36.2 Å². The number of allylic oxidation sites excluding steroid dienone is 4. The molecule has 3 aromatic rings. The van der Waals surface area contributed by atoms with E-state index in [1.165, 1.54) is 72.8 Å². The Labute approximate surface area is 594 Å². The fourth-order valence-corrected chi connectivity index (χ4v) is 11.0. The minimum Gasteiger partial charge on any atom is -0.426 e. The molecule has 0 radical (unpaired) electrons. The summed E-state index contributed by atoms with van der Waals surface area (Å²) in [5.74, 6) is -3.87. The van der Waals surface area contributed by atoms with Crippen LogP contribution in [0.1, 0.15) is 168 Å². The average molecular weight is 1450 g/mol. The van der Waals surface area contributed by atoms with Gasteiger partial charge < -0.3 is 38.0 Å². The van der Waals surface area contributed by atoms with Crippen molar-refractivity contribution in [2.45, 2.75) is 192 Å². The molecule has 104 heavy (non-hydrogen) atoms. The fourth-order valence-electron chi connectivity index (χ4n) is 11.0. The van der Waals surface area contributed by atoms with Crippen LogP contribution in [-0.2, 0) is 71.8 Å². The zero-order valence-electron chi connectivity index (χ0n) is 56.9. The Balaban J connectivity index is 0.000000199. The Morgan fingerprint density at radius 3 is 0.990 bits per heavy atom. The van der Waals surface area contributed by atoms with Gasteiger partial charge in [-0.15, -0.1) is 5.06 Å². The summed E-state index contributed by atoms with van der Waals surface area (Å²) in [5, 5.41) is 33.4. The number of benzene rings is 3. The smallest absolute Gasteiger partial charge is 0.426 e. The zero-order valence-corrected chi connectivity index (χ0v) is 56.9. The second-order valence-electron chi connectivity index (χ2n) is 25.1. The Morgan fingerprint density at radius 1 is 0.365 bits per heavy atom. The van der Waals surface area contributed by atoms with Gasteiger partial charge in [0.2, 0.25) is 0 Å². The third kappa shape index (κ3) is 25.1. The van der Waals surface area contributed by atoms with E-state index in [2.05, 4.69) is 9.68 Å². The summed E-state index contributed by atoms with van der Waals surface area (Å²) < 4.78 is 36.3. The van der Waals surface area contributed by atoms with E-state index in [0.29, 0.717) is 60.1 Å². The number of nitro groups is 3. The second kappa shape index (κ2) is 38.9. The van der Waals surface area contributed by atoms with Crippen molar-refractivity contribution in [3.8, 4) is 17.2 Å². The summed E-state index contributed by atoms with van der Waals surface area (Å²) in [4.78, 5) is 186. The van der Waals surface area contributed by atoms with E-state index in [1.807, 2.05) is 24.3 Å². The Bertz CT molecular complexity index is 3730. The lowest BCUT2D eigenvalue weighted by atomic mass is 9.79. The summed E-state index contributed by atoms with van der Waals surface area (Å²) in [6.45, 7) is 3.44. The maximum atomic E-state index is 12.8. The number of amides is 6. The monoisotopic (exact) mass is 1450 g/mol. The first-order valence-corrected chi connectivity index (χ1v) is 33.6. The largest absolute Gasteiger partial charge is 0.534 e. The molecule has 0 spiro atoms. The highest BCUT2D eigenvalue weighted by Gasteiger charge is 2.42. The summed E-state index contributed by atoms with van der Waals surface area (Å²) >= 11 is 0. The van der Waals surface area contributed by atoms with Crippen LogP contribution in [0.3, 0.4) is 0 Å². The van der Waals surface area contributed by atoms with E-state index in [4.69, 9.17) is 38.0 Å². The molecule has 7 aliphatic rings. The lowest BCUT2D eigenvalue weighted by Crippen LogP contribution is -2.39. The van der Waals surface area contributed by atoms with Gasteiger partial charge in [0.25, 0.3) is 52.5 Å². The number of esters is 1. The first-order valence-electron chi connectivity index (χ1n) is 33.6. The molecule has 10 rings (SSSR count). The number of carbonyl (C=O) groups is 12. The fraction of sp³-hybridized carbons (Fsp3) is 0.457. The predicted octanol–water partition coefficient (Wildman–Crippen LogP) is 12.5. The van der Waals surface area contributed by atoms with Gasteiger partial charge in [0.05, 0.1) is 25.6 Å². The van der Waals surface area contributed by atoms with Gasteiger partial charge in [-0.2, -0.15) is 0 Å². The number of imide groups is 3. The Hall–Kier alpha value is -11.7. The normalized spacial score (nSPS) is 23.7. The minimum absolute atomic E-state index is 0.0151. The van der Waals surface area contributed by atoms with Crippen LogP contribution in [0.2, 0.25) is 0 Å². The van der Waals surface area contributed by atoms with Crippen molar-refractivity contribution in [2.24, 2.45) is 10.8 Å². The van der Waals surface area contributed by atoms with Gasteiger partial charge in [-0.05, 0) is 177 Å². The quantitative estimate of drug-likeness (QED) is 0.0199. The molecule has 34 heteroatoms. The summed E-state index contributed by atoms with van der Waals surface area (Å²) in [5.41, 5.74) is -2.06. The van der Waals surface area contributed by atoms with E-state index >= 15 is 0 Å². The van der Waals surface area contributed by atoms with E-state index in [0.717, 1.165) is 64.2 Å². The number of carbonyl (C=O) groups excluding carboxylic acids is 12. The summed E-state index contributed by atoms with van der Waals surface area (Å²) in [6.07, 6.45) is 22.0. The number of non-ortho nitro benzene ring substituents is 3. The van der Waals surface area contributed by atoms with Crippen LogP contribution < -0.4 is 14.2 Å². The number of ether oxygens (including phenoxy) is 7. The van der Waals surface area contributed by atoms with Crippen LogP contribution in [0.5, 0.6) is 17.2 Å². The molecule has 0 aromatic heterocycles. The standard InChI is InChI=1S/C23H22N2O9.C19H22N2O9.C15H17NO5.C13H17NO5/c1-23(21(26)32-19-10-6-16(7-11-19)24(28)29)14-2-4-18(5-3-15-23)33-22(27)34-20-12-8-17(9-13-20)25(30)31;1-19(17(26)29-20-13(22)6-7-14(20)23)10-2-4-12(5-3-11-19)28-18(27)30-21-15(24)8-9-16(21)25;17-15(20-13-6-4-2-1-3-5-7-13)21-14-10-8-12(9-11-14)16(18)19;15-11-8-9-12(16)14(11)19-13(17)18-10-6-4-2-1-3-5-7-10/h2,4,6-13,18H,3,5,14-15H2,1H3;2,4,12H,3,5-11H2,1H3;4,6,8-11,13H,1-3,5,7H2;4,6,10H,1-3,5,7-9H2/b2*4-2+;2*6-4+/t18-,23+;12-,19+;;/m11../s1. The first-order chi connectivity index (χ1) is 49.7. The van der Waals surface area contributed by atoms with Crippen LogP contribution in [0.25, 0.3) is 0 Å². The molecule has 3 aliphatic heterocycles. The topological polar surface area (TPSA) is 436 Å². The van der Waals surface area contributed by atoms with Crippen LogP contribution in [0, 0.1) is 41.2 Å². The van der Waals surface area contributed by atoms with Gasteiger partial charge in [0.15, 0.2) is 0 Å². The molecule has 3 aromatic carbocycles. The van der Waals surface area contributed by atoms with Crippen molar-refractivity contribution >= 4 is 89.1 Å². The van der Waals surface area contributed by atoms with Gasteiger partial charge in [-0.3, -0.25) is 73.6 Å². The van der Waals surface area contributed by atoms with Gasteiger partial charge in [-0.25, -0.2) is 24.0 Å². The van der Waals surface area contributed by atoms with Crippen LogP contribution in [-0.4, -0.2) is 126 Å². The van der Waals surface area contributed by atoms with Gasteiger partial charge in [-0.1, -0.05) is 47.3 Å². The number of nitro benzene ring substituents is 3. The highest BCUT2D eigenvalue weighted by atomic mass is 16.8. The maximum absolute atomic E-state index is 12.8. The molecule has 3 fully saturated rings. The lowest BCUT2D eigenvalue weighted by molar-refractivity contribution is -0.385. The molecule has 3 saturated heterocycles. The number of rotatable bonds is 15. The molecule has 6 atom stereocenters. The van der Waals surface area contributed by atoms with Gasteiger partial charge >= 0.3 is 36.6 Å². The number of nitrogens with zero attached hydrogens (tertiary/aromatic N) is 6. The van der Waals surface area contributed by atoms with E-state index in [1.54, 1.807) is 38.2 Å². The molecule has 4 aliphatic carbocycles. The van der Waals surface area contributed by atoms with Crippen molar-refractivity contribution in [3.05, 3.63) is 152 Å². The average Bonchev–Trinajstić information content (AvgIpc) is 1.06. The van der Waals surface area contributed by atoms with Crippen LogP contribution in [0.15, 0.2) is 121 Å². The molecule has 0 N–H and O–H groups in total. The molecular weight excluding hydrogens is 1370 g/mol. The van der Waals surface area contributed by atoms with E-state index in [-0.39, 0.29) is 91.5 Å². The van der Waals surface area contributed by atoms with Gasteiger partial charge in [0, 0.05) is 74.9 Å². The molecule has 6 amide bonds. The maximum Gasteiger partial charge on any atom is 0.534 e. The number of hydrogen-bond donors (Lipinski definition) is 0. The molecular formula is C70H78N6O28. The van der Waals surface area contributed by atoms with Crippen LogP contribution >= 0.6 is 0 Å². The highest BCUT2D eigenvalue weighted by Crippen LogP contribution is 2.36. The number of hydroxylamine groups is 6. The third-order valence-corrected chi connectivity index (χ3v) is 16.9. The van der Waals surface area contributed by atoms with Crippen molar-refractivity contribution in [3.63, 3.8) is 0 Å². The Morgan fingerprint density at radius 2 is 0.654 bits per heavy atom. The molecule has 0 saturated carbocycles. The molecule has 556 valence electrons. The molecule has 2 unspecified atom stereocenters. The van der Waals surface area contributed by atoms with E-state index in [9.17, 15) is 87.9 Å².